The smallest absolute Gasteiger partial charge is 0.269 e. The lowest BCUT2D eigenvalue weighted by Gasteiger charge is -2.34. The quantitative estimate of drug-likeness (QED) is 0.665. The number of rotatable bonds is 4. The molecule has 1 heterocycles. The first kappa shape index (κ1) is 18.3. The van der Waals surface area contributed by atoms with Gasteiger partial charge in [-0.15, -0.1) is 12.4 Å². The number of amides is 1. The first-order valence-corrected chi connectivity index (χ1v) is 6.95. The lowest BCUT2D eigenvalue weighted by molar-refractivity contribution is -0.384. The standard InChI is InChI=1S/C14H20N4O3.ClH/c1-11-9-15-7-8-17(11)10-14(19)16(2)12-3-5-13(6-4-12)18(20)21;/h3-6,11,15H,7-10H2,1-2H3;1H/t11-;/m1./s1. The number of piperazine rings is 1. The molecule has 8 heteroatoms. The SMILES string of the molecule is C[C@@H]1CNCCN1CC(=O)N(C)c1ccc([N+](=O)[O-])cc1.Cl. The van der Waals surface area contributed by atoms with Crippen molar-refractivity contribution in [2.75, 3.05) is 38.1 Å². The van der Waals surface area contributed by atoms with Crippen molar-refractivity contribution in [1.29, 1.82) is 0 Å². The molecular weight excluding hydrogens is 308 g/mol. The van der Waals surface area contributed by atoms with Crippen molar-refractivity contribution in [1.82, 2.24) is 10.2 Å². The molecule has 0 radical (unpaired) electrons. The number of carbonyl (C=O) groups excluding carboxylic acids is 1. The number of hydrogen-bond acceptors (Lipinski definition) is 5. The Hall–Kier alpha value is -1.70. The summed E-state index contributed by atoms with van der Waals surface area (Å²) in [5.74, 6) is -0.0161. The third-order valence-electron chi connectivity index (χ3n) is 3.80. The van der Waals surface area contributed by atoms with Crippen LogP contribution in [-0.4, -0.2) is 55.0 Å². The van der Waals surface area contributed by atoms with Gasteiger partial charge in [-0.1, -0.05) is 0 Å². The van der Waals surface area contributed by atoms with Gasteiger partial charge in [-0.3, -0.25) is 19.8 Å². The molecule has 7 nitrogen and oxygen atoms in total. The number of hydrogen-bond donors (Lipinski definition) is 1. The van der Waals surface area contributed by atoms with E-state index in [1.165, 1.54) is 12.1 Å². The molecule has 1 aromatic carbocycles. The maximum Gasteiger partial charge on any atom is 0.269 e. The molecule has 0 unspecified atom stereocenters. The molecule has 1 fully saturated rings. The van der Waals surface area contributed by atoms with Crippen LogP contribution in [0.2, 0.25) is 0 Å². The highest BCUT2D eigenvalue weighted by Crippen LogP contribution is 2.18. The Morgan fingerprint density at radius 3 is 2.64 bits per heavy atom. The van der Waals surface area contributed by atoms with Crippen molar-refractivity contribution < 1.29 is 9.72 Å². The number of halogens is 1. The summed E-state index contributed by atoms with van der Waals surface area (Å²) in [6.07, 6.45) is 0. The average Bonchev–Trinajstić information content (AvgIpc) is 2.49. The summed E-state index contributed by atoms with van der Waals surface area (Å²) in [6.45, 7) is 5.07. The van der Waals surface area contributed by atoms with Crippen LogP contribution in [0.25, 0.3) is 0 Å². The van der Waals surface area contributed by atoms with Crippen LogP contribution in [0.1, 0.15) is 6.92 Å². The fourth-order valence-electron chi connectivity index (χ4n) is 2.34. The van der Waals surface area contributed by atoms with Gasteiger partial charge in [-0.2, -0.15) is 0 Å². The van der Waals surface area contributed by atoms with Crippen LogP contribution >= 0.6 is 12.4 Å². The van der Waals surface area contributed by atoms with Gasteiger partial charge in [-0.25, -0.2) is 0 Å². The van der Waals surface area contributed by atoms with Crippen molar-refractivity contribution in [2.24, 2.45) is 0 Å². The molecule has 0 bridgehead atoms. The fourth-order valence-corrected chi connectivity index (χ4v) is 2.34. The molecule has 0 aromatic heterocycles. The lowest BCUT2D eigenvalue weighted by Crippen LogP contribution is -2.52. The number of non-ortho nitro benzene ring substituents is 1. The van der Waals surface area contributed by atoms with E-state index in [1.54, 1.807) is 24.1 Å². The zero-order chi connectivity index (χ0) is 15.4. The number of nitro benzene ring substituents is 1. The molecule has 22 heavy (non-hydrogen) atoms. The van der Waals surface area contributed by atoms with E-state index in [2.05, 4.69) is 17.1 Å². The van der Waals surface area contributed by atoms with Crippen molar-refractivity contribution in [3.8, 4) is 0 Å². The highest BCUT2D eigenvalue weighted by Gasteiger charge is 2.22. The van der Waals surface area contributed by atoms with Gasteiger partial charge in [-0.05, 0) is 19.1 Å². The Balaban J connectivity index is 0.00000242. The van der Waals surface area contributed by atoms with E-state index in [1.807, 2.05) is 0 Å². The van der Waals surface area contributed by atoms with Crippen LogP contribution in [0.15, 0.2) is 24.3 Å². The van der Waals surface area contributed by atoms with E-state index in [0.717, 1.165) is 19.6 Å². The molecule has 1 aromatic rings. The molecule has 1 saturated heterocycles. The predicted octanol–water partition coefficient (Wildman–Crippen LogP) is 1.27. The second-order valence-electron chi connectivity index (χ2n) is 5.25. The van der Waals surface area contributed by atoms with Crippen LogP contribution in [0.4, 0.5) is 11.4 Å². The Morgan fingerprint density at radius 1 is 1.45 bits per heavy atom. The van der Waals surface area contributed by atoms with Crippen LogP contribution in [0.3, 0.4) is 0 Å². The van der Waals surface area contributed by atoms with E-state index >= 15 is 0 Å². The summed E-state index contributed by atoms with van der Waals surface area (Å²) in [6, 6.07) is 6.33. The maximum absolute atomic E-state index is 12.3. The van der Waals surface area contributed by atoms with Gasteiger partial charge < -0.3 is 10.2 Å². The largest absolute Gasteiger partial charge is 0.314 e. The van der Waals surface area contributed by atoms with Gasteiger partial charge in [0, 0.05) is 50.5 Å². The molecule has 122 valence electrons. The Kier molecular flexibility index (Phi) is 6.73. The molecule has 1 amide bonds. The second-order valence-corrected chi connectivity index (χ2v) is 5.25. The molecule has 1 N–H and O–H groups in total. The van der Waals surface area contributed by atoms with Gasteiger partial charge >= 0.3 is 0 Å². The summed E-state index contributed by atoms with van der Waals surface area (Å²) >= 11 is 0. The Labute approximate surface area is 135 Å². The Morgan fingerprint density at radius 2 is 2.09 bits per heavy atom. The van der Waals surface area contributed by atoms with Crippen LogP contribution in [0.5, 0.6) is 0 Å². The minimum absolute atomic E-state index is 0. The first-order valence-electron chi connectivity index (χ1n) is 6.95. The molecule has 2 rings (SSSR count). The third kappa shape index (κ3) is 4.40. The molecular formula is C14H21ClN4O3. The monoisotopic (exact) mass is 328 g/mol. The highest BCUT2D eigenvalue weighted by atomic mass is 35.5. The fraction of sp³-hybridized carbons (Fsp3) is 0.500. The summed E-state index contributed by atoms with van der Waals surface area (Å²) in [5, 5.41) is 13.9. The van der Waals surface area contributed by atoms with E-state index in [-0.39, 0.29) is 24.0 Å². The van der Waals surface area contributed by atoms with Crippen molar-refractivity contribution in [2.45, 2.75) is 13.0 Å². The van der Waals surface area contributed by atoms with Gasteiger partial charge in [0.05, 0.1) is 11.5 Å². The summed E-state index contributed by atoms with van der Waals surface area (Å²) in [7, 11) is 1.69. The number of likely N-dealkylation sites (N-methyl/N-ethyl adjacent to an activating group) is 1. The number of nitro groups is 1. The minimum Gasteiger partial charge on any atom is -0.314 e. The molecule has 0 spiro atoms. The number of nitrogens with zero attached hydrogens (tertiary/aromatic N) is 3. The van der Waals surface area contributed by atoms with E-state index in [4.69, 9.17) is 0 Å². The van der Waals surface area contributed by atoms with Gasteiger partial charge in [0.1, 0.15) is 0 Å². The van der Waals surface area contributed by atoms with Gasteiger partial charge in [0.15, 0.2) is 0 Å². The van der Waals surface area contributed by atoms with E-state index < -0.39 is 4.92 Å². The number of carbonyl (C=O) groups is 1. The van der Waals surface area contributed by atoms with Gasteiger partial charge in [0.2, 0.25) is 5.91 Å². The van der Waals surface area contributed by atoms with Crippen molar-refractivity contribution in [3.05, 3.63) is 34.4 Å². The van der Waals surface area contributed by atoms with Crippen molar-refractivity contribution in [3.63, 3.8) is 0 Å². The van der Waals surface area contributed by atoms with E-state index in [0.29, 0.717) is 18.3 Å². The van der Waals surface area contributed by atoms with Crippen LogP contribution in [0, 0.1) is 10.1 Å². The summed E-state index contributed by atoms with van der Waals surface area (Å²) in [5.41, 5.74) is 0.684. The average molecular weight is 329 g/mol. The molecule has 0 aliphatic carbocycles. The topological polar surface area (TPSA) is 78.7 Å². The van der Waals surface area contributed by atoms with E-state index in [9.17, 15) is 14.9 Å². The first-order chi connectivity index (χ1) is 9.99. The molecule has 1 atom stereocenters. The minimum atomic E-state index is -0.450. The summed E-state index contributed by atoms with van der Waals surface area (Å²) in [4.78, 5) is 26.2. The zero-order valence-corrected chi connectivity index (χ0v) is 13.5. The van der Waals surface area contributed by atoms with Crippen molar-refractivity contribution >= 4 is 29.7 Å². The number of anilines is 1. The second kappa shape index (κ2) is 8.07. The number of nitrogens with one attached hydrogen (secondary N) is 1. The zero-order valence-electron chi connectivity index (χ0n) is 12.7. The van der Waals surface area contributed by atoms with Crippen LogP contribution < -0.4 is 10.2 Å². The molecule has 0 saturated carbocycles. The molecule has 1 aliphatic rings. The predicted molar refractivity (Wildman–Crippen MR) is 87.7 cm³/mol. The third-order valence-corrected chi connectivity index (χ3v) is 3.80. The number of benzene rings is 1. The van der Waals surface area contributed by atoms with Crippen LogP contribution in [-0.2, 0) is 4.79 Å². The maximum atomic E-state index is 12.3. The normalized spacial score (nSPS) is 18.4. The lowest BCUT2D eigenvalue weighted by atomic mass is 10.2. The van der Waals surface area contributed by atoms with Gasteiger partial charge in [0.25, 0.3) is 5.69 Å². The summed E-state index contributed by atoms with van der Waals surface area (Å²) < 4.78 is 0. The highest BCUT2D eigenvalue weighted by molar-refractivity contribution is 5.94. The molecule has 1 aliphatic heterocycles. The Bertz CT molecular complexity index is 523.